The molecule has 0 unspecified atom stereocenters. The summed E-state index contributed by atoms with van der Waals surface area (Å²) in [5.41, 5.74) is 0. The van der Waals surface area contributed by atoms with Crippen LogP contribution in [0.3, 0.4) is 0 Å². The van der Waals surface area contributed by atoms with Crippen LogP contribution < -0.4 is 5.26 Å². The van der Waals surface area contributed by atoms with Gasteiger partial charge in [-0.05, 0) is 12.8 Å². The van der Waals surface area contributed by atoms with Crippen molar-refractivity contribution in [3.8, 4) is 0 Å². The molecule has 0 saturated heterocycles. The van der Waals surface area contributed by atoms with Crippen LogP contribution in [0.25, 0.3) is 0 Å². The highest BCUT2D eigenvalue weighted by molar-refractivity contribution is 5.76. The molecule has 0 spiro atoms. The highest BCUT2D eigenvalue weighted by atomic mass is 17.1. The van der Waals surface area contributed by atoms with E-state index in [9.17, 15) is 10.1 Å². The Labute approximate surface area is 94.7 Å². The lowest BCUT2D eigenvalue weighted by atomic mass is 10.4. The Hall–Kier alpha value is -1.46. The van der Waals surface area contributed by atoms with Crippen molar-refractivity contribution in [3.05, 3.63) is 0 Å². The average molecular weight is 234 g/mol. The standard InChI is InChI=1S/C10H18O6/c1-3-5-7-13-9(11)15-10(16-12)14-8-6-4-2/h3-8H2,1-2H3. The molecule has 0 saturated carbocycles. The molecule has 0 bridgehead atoms. The molecule has 0 N–H and O–H groups in total. The van der Waals surface area contributed by atoms with E-state index in [1.165, 1.54) is 0 Å². The molecule has 0 aromatic rings. The average Bonchev–Trinajstić information content (AvgIpc) is 2.28. The van der Waals surface area contributed by atoms with Crippen molar-refractivity contribution >= 4 is 12.3 Å². The van der Waals surface area contributed by atoms with E-state index in [0.29, 0.717) is 0 Å². The maximum Gasteiger partial charge on any atom is 0.735 e. The van der Waals surface area contributed by atoms with Crippen LogP contribution in [0.15, 0.2) is 0 Å². The Morgan fingerprint density at radius 2 is 1.69 bits per heavy atom. The molecule has 0 heterocycles. The third-order valence-corrected chi connectivity index (χ3v) is 1.67. The molecule has 0 aromatic carbocycles. The fraction of sp³-hybridized carbons (Fsp3) is 0.800. The van der Waals surface area contributed by atoms with Gasteiger partial charge in [0.15, 0.2) is 6.61 Å². The predicted octanol–water partition coefficient (Wildman–Crippen LogP) is 1.69. The van der Waals surface area contributed by atoms with Gasteiger partial charge in [-0.15, -0.1) is 0 Å². The molecule has 0 aliphatic heterocycles. The summed E-state index contributed by atoms with van der Waals surface area (Å²) in [5.74, 6) is 0. The number of hydrogen-bond acceptors (Lipinski definition) is 5. The fourth-order valence-corrected chi connectivity index (χ4v) is 0.768. The molecular weight excluding hydrogens is 216 g/mol. The molecule has 0 amide bonds. The van der Waals surface area contributed by atoms with Gasteiger partial charge in [-0.1, -0.05) is 26.7 Å². The van der Waals surface area contributed by atoms with E-state index in [1.54, 1.807) is 0 Å². The number of carbonyl (C=O) groups is 1. The second-order valence-corrected chi connectivity index (χ2v) is 3.09. The van der Waals surface area contributed by atoms with E-state index in [2.05, 4.69) is 14.0 Å². The van der Waals surface area contributed by atoms with Crippen LogP contribution >= 0.6 is 0 Å². The topological polar surface area (TPSA) is 79.1 Å². The van der Waals surface area contributed by atoms with Crippen LogP contribution in [0.1, 0.15) is 39.5 Å². The van der Waals surface area contributed by atoms with Crippen molar-refractivity contribution in [2.75, 3.05) is 13.2 Å². The molecule has 94 valence electrons. The monoisotopic (exact) mass is 234 g/mol. The van der Waals surface area contributed by atoms with Gasteiger partial charge < -0.3 is 14.7 Å². The van der Waals surface area contributed by atoms with Gasteiger partial charge in [0.25, 0.3) is 0 Å². The van der Waals surface area contributed by atoms with Crippen molar-refractivity contribution in [3.63, 3.8) is 0 Å². The normalized spacial score (nSPS) is 11.0. The maximum absolute atomic E-state index is 11.0. The molecule has 16 heavy (non-hydrogen) atoms. The van der Waals surface area contributed by atoms with Gasteiger partial charge in [-0.25, -0.2) is 4.74 Å². The minimum Gasteiger partial charge on any atom is -0.628 e. The summed E-state index contributed by atoms with van der Waals surface area (Å²) in [7, 11) is 0. The summed E-state index contributed by atoms with van der Waals surface area (Å²) >= 11 is 0. The SMILES string of the molecule is CCCCOC(=O)OC(OCCCC)=[O+][O-]. The Kier molecular flexibility index (Phi) is 9.15. The predicted molar refractivity (Wildman–Crippen MR) is 53.6 cm³/mol. The minimum absolute atomic E-state index is 0.246. The van der Waals surface area contributed by atoms with Crippen LogP contribution in [-0.2, 0) is 14.2 Å². The van der Waals surface area contributed by atoms with Crippen molar-refractivity contribution < 1.29 is 28.8 Å². The first-order valence-corrected chi connectivity index (χ1v) is 5.38. The summed E-state index contributed by atoms with van der Waals surface area (Å²) in [4.78, 5) is 11.0. The van der Waals surface area contributed by atoms with Gasteiger partial charge in [-0.2, -0.15) is 4.79 Å². The molecule has 0 aromatic heterocycles. The van der Waals surface area contributed by atoms with E-state index >= 15 is 0 Å². The molecule has 0 atom stereocenters. The Morgan fingerprint density at radius 3 is 2.19 bits per heavy atom. The zero-order valence-electron chi connectivity index (χ0n) is 9.69. The van der Waals surface area contributed by atoms with Gasteiger partial charge in [0, 0.05) is 0 Å². The fourth-order valence-electron chi connectivity index (χ4n) is 0.768. The van der Waals surface area contributed by atoms with Gasteiger partial charge in [0.2, 0.25) is 0 Å². The van der Waals surface area contributed by atoms with Crippen molar-refractivity contribution in [1.29, 1.82) is 0 Å². The summed E-state index contributed by atoms with van der Waals surface area (Å²) in [6.45, 7) is 4.43. The zero-order chi connectivity index (χ0) is 12.2. The summed E-state index contributed by atoms with van der Waals surface area (Å²) in [6, 6.07) is 0. The lowest BCUT2D eigenvalue weighted by molar-refractivity contribution is -0.869. The quantitative estimate of drug-likeness (QED) is 0.174. The van der Waals surface area contributed by atoms with Gasteiger partial charge >= 0.3 is 12.3 Å². The lowest BCUT2D eigenvalue weighted by Gasteiger charge is -1.99. The number of unbranched alkanes of at least 4 members (excludes halogenated alkanes) is 2. The largest absolute Gasteiger partial charge is 0.735 e. The van der Waals surface area contributed by atoms with Crippen LogP contribution in [0.4, 0.5) is 9.37 Å². The van der Waals surface area contributed by atoms with E-state index in [1.807, 2.05) is 13.8 Å². The number of hydrogen-bond donors (Lipinski definition) is 0. The molecule has 0 rings (SSSR count). The number of ether oxygens (including phenoxy) is 3. The molecule has 6 heteroatoms. The van der Waals surface area contributed by atoms with Crippen LogP contribution in [0.5, 0.6) is 0 Å². The lowest BCUT2D eigenvalue weighted by Crippen LogP contribution is -2.18. The Balaban J connectivity index is 3.71. The highest BCUT2D eigenvalue weighted by Crippen LogP contribution is 1.97. The summed E-state index contributed by atoms with van der Waals surface area (Å²) < 4.78 is 17.3. The molecule has 0 aliphatic carbocycles. The third-order valence-electron chi connectivity index (χ3n) is 1.67. The minimum atomic E-state index is -0.990. The smallest absolute Gasteiger partial charge is 0.628 e. The molecule has 0 radical (unpaired) electrons. The second-order valence-electron chi connectivity index (χ2n) is 3.09. The molecule has 6 nitrogen and oxygen atoms in total. The third kappa shape index (κ3) is 7.90. The second kappa shape index (κ2) is 10.1. The van der Waals surface area contributed by atoms with E-state index in [-0.39, 0.29) is 13.2 Å². The van der Waals surface area contributed by atoms with E-state index < -0.39 is 12.3 Å². The summed E-state index contributed by atoms with van der Waals surface area (Å²) in [6.07, 6.45) is 1.56. The number of carbonyl (C=O) groups excluding carboxylic acids is 2. The molecule has 0 aliphatic rings. The number of rotatable bonds is 6. The first-order valence-electron chi connectivity index (χ1n) is 5.38. The van der Waals surface area contributed by atoms with Gasteiger partial charge in [0.05, 0.1) is 6.61 Å². The maximum atomic E-state index is 11.0. The van der Waals surface area contributed by atoms with Crippen molar-refractivity contribution in [1.82, 2.24) is 0 Å². The molecular formula is C10H18O6. The van der Waals surface area contributed by atoms with Gasteiger partial charge in [-0.3, -0.25) is 4.58 Å². The Morgan fingerprint density at radius 1 is 1.12 bits per heavy atom. The van der Waals surface area contributed by atoms with Crippen LogP contribution in [0.2, 0.25) is 0 Å². The zero-order valence-corrected chi connectivity index (χ0v) is 9.69. The first-order chi connectivity index (χ1) is 7.74. The van der Waals surface area contributed by atoms with E-state index in [0.717, 1.165) is 25.7 Å². The van der Waals surface area contributed by atoms with E-state index in [4.69, 9.17) is 4.74 Å². The first kappa shape index (κ1) is 14.5. The Bertz CT molecular complexity index is 213. The van der Waals surface area contributed by atoms with Crippen molar-refractivity contribution in [2.45, 2.75) is 39.5 Å². The van der Waals surface area contributed by atoms with Crippen LogP contribution in [-0.4, -0.2) is 25.5 Å². The van der Waals surface area contributed by atoms with Gasteiger partial charge in [0.1, 0.15) is 0 Å². The molecule has 0 fully saturated rings. The highest BCUT2D eigenvalue weighted by Gasteiger charge is 2.24. The van der Waals surface area contributed by atoms with Crippen LogP contribution in [0, 0.1) is 0 Å². The summed E-state index contributed by atoms with van der Waals surface area (Å²) in [5, 5.41) is 10.1. The van der Waals surface area contributed by atoms with Crippen molar-refractivity contribution in [2.24, 2.45) is 0 Å².